The van der Waals surface area contributed by atoms with Gasteiger partial charge in [-0.25, -0.2) is 9.37 Å². The lowest BCUT2D eigenvalue weighted by atomic mass is 10.0. The first kappa shape index (κ1) is 15.2. The lowest BCUT2D eigenvalue weighted by Gasteiger charge is -2.11. The number of aromatic nitrogens is 3. The van der Waals surface area contributed by atoms with E-state index in [0.717, 1.165) is 11.1 Å². The molecule has 0 aliphatic heterocycles. The van der Waals surface area contributed by atoms with Gasteiger partial charge in [0.25, 0.3) is 5.56 Å². The fourth-order valence-electron chi connectivity index (χ4n) is 2.83. The second-order valence-corrected chi connectivity index (χ2v) is 5.72. The van der Waals surface area contributed by atoms with Gasteiger partial charge in [-0.1, -0.05) is 42.5 Å². The van der Waals surface area contributed by atoms with E-state index in [0.29, 0.717) is 16.6 Å². The molecule has 0 N–H and O–H groups in total. The number of benzene rings is 2. The fraction of sp³-hybridized carbons (Fsp3) is 0.0500. The van der Waals surface area contributed by atoms with Crippen LogP contribution in [-0.4, -0.2) is 14.5 Å². The minimum absolute atomic E-state index is 0.129. The van der Waals surface area contributed by atoms with Crippen molar-refractivity contribution >= 4 is 11.0 Å². The standard InChI is InChI=1S/C20H14FN3O/c21-17-10-15(14-4-2-1-3-5-14)6-7-16(17)13-24-19-11-22-9-8-18(19)23-12-20(24)25/h1-12H,13H2. The highest BCUT2D eigenvalue weighted by Gasteiger charge is 2.10. The average Bonchev–Trinajstić information content (AvgIpc) is 2.66. The van der Waals surface area contributed by atoms with Crippen LogP contribution in [-0.2, 0) is 6.54 Å². The van der Waals surface area contributed by atoms with Crippen LogP contribution in [0.4, 0.5) is 4.39 Å². The van der Waals surface area contributed by atoms with E-state index in [1.807, 2.05) is 36.4 Å². The van der Waals surface area contributed by atoms with Crippen molar-refractivity contribution in [2.75, 3.05) is 0 Å². The monoisotopic (exact) mass is 331 g/mol. The number of halogens is 1. The zero-order valence-corrected chi connectivity index (χ0v) is 13.3. The summed E-state index contributed by atoms with van der Waals surface area (Å²) in [5.41, 5.74) is 3.14. The lowest BCUT2D eigenvalue weighted by molar-refractivity contribution is 0.599. The molecule has 4 rings (SSSR count). The van der Waals surface area contributed by atoms with Gasteiger partial charge in [0.2, 0.25) is 0 Å². The predicted molar refractivity (Wildman–Crippen MR) is 94.7 cm³/mol. The van der Waals surface area contributed by atoms with Crippen LogP contribution >= 0.6 is 0 Å². The number of rotatable bonds is 3. The zero-order chi connectivity index (χ0) is 17.2. The highest BCUT2D eigenvalue weighted by atomic mass is 19.1. The van der Waals surface area contributed by atoms with E-state index in [2.05, 4.69) is 9.97 Å². The molecule has 0 radical (unpaired) electrons. The molecule has 0 saturated carbocycles. The summed E-state index contributed by atoms with van der Waals surface area (Å²) in [6.45, 7) is 0.129. The lowest BCUT2D eigenvalue weighted by Crippen LogP contribution is -2.21. The number of hydrogen-bond donors (Lipinski definition) is 0. The van der Waals surface area contributed by atoms with Crippen molar-refractivity contribution in [1.82, 2.24) is 14.5 Å². The number of hydrogen-bond acceptors (Lipinski definition) is 3. The van der Waals surface area contributed by atoms with E-state index in [1.54, 1.807) is 24.5 Å². The molecular formula is C20H14FN3O. The number of pyridine rings is 1. The molecule has 2 aromatic carbocycles. The molecule has 0 atom stereocenters. The SMILES string of the molecule is O=c1cnc2ccncc2n1Cc1ccc(-c2ccccc2)cc1F. The van der Waals surface area contributed by atoms with Crippen LogP contribution < -0.4 is 5.56 Å². The second kappa shape index (κ2) is 6.28. The summed E-state index contributed by atoms with van der Waals surface area (Å²) in [5, 5.41) is 0. The van der Waals surface area contributed by atoms with Crippen LogP contribution in [0.5, 0.6) is 0 Å². The molecule has 0 spiro atoms. The normalized spacial score (nSPS) is 10.9. The third-order valence-electron chi connectivity index (χ3n) is 4.14. The Balaban J connectivity index is 1.75. The number of fused-ring (bicyclic) bond motifs is 1. The fourth-order valence-corrected chi connectivity index (χ4v) is 2.83. The van der Waals surface area contributed by atoms with Gasteiger partial charge in [0.1, 0.15) is 5.82 Å². The summed E-state index contributed by atoms with van der Waals surface area (Å²) in [4.78, 5) is 20.3. The Kier molecular flexibility index (Phi) is 3.82. The van der Waals surface area contributed by atoms with Crippen molar-refractivity contribution in [2.45, 2.75) is 6.54 Å². The second-order valence-electron chi connectivity index (χ2n) is 5.72. The van der Waals surface area contributed by atoms with E-state index < -0.39 is 0 Å². The molecule has 25 heavy (non-hydrogen) atoms. The molecule has 2 aromatic heterocycles. The average molecular weight is 331 g/mol. The van der Waals surface area contributed by atoms with Gasteiger partial charge in [0.05, 0.1) is 30.0 Å². The van der Waals surface area contributed by atoms with Crippen molar-refractivity contribution < 1.29 is 4.39 Å². The maximum atomic E-state index is 14.6. The molecule has 5 heteroatoms. The topological polar surface area (TPSA) is 47.8 Å². The largest absolute Gasteiger partial charge is 0.299 e. The molecule has 0 unspecified atom stereocenters. The third-order valence-corrected chi connectivity index (χ3v) is 4.14. The summed E-state index contributed by atoms with van der Waals surface area (Å²) in [7, 11) is 0. The minimum Gasteiger partial charge on any atom is -0.299 e. The first-order valence-corrected chi connectivity index (χ1v) is 7.86. The summed E-state index contributed by atoms with van der Waals surface area (Å²) in [6, 6.07) is 16.4. The van der Waals surface area contributed by atoms with Gasteiger partial charge < -0.3 is 0 Å². The molecule has 0 saturated heterocycles. The van der Waals surface area contributed by atoms with Gasteiger partial charge in [-0.3, -0.25) is 14.3 Å². The van der Waals surface area contributed by atoms with Crippen LogP contribution in [0.1, 0.15) is 5.56 Å². The van der Waals surface area contributed by atoms with Gasteiger partial charge >= 0.3 is 0 Å². The predicted octanol–water partition coefficient (Wildman–Crippen LogP) is 3.65. The molecular weight excluding hydrogens is 317 g/mol. The minimum atomic E-state index is -0.345. The van der Waals surface area contributed by atoms with Crippen molar-refractivity contribution in [2.24, 2.45) is 0 Å². The summed E-state index contributed by atoms with van der Waals surface area (Å²) >= 11 is 0. The zero-order valence-electron chi connectivity index (χ0n) is 13.3. The van der Waals surface area contributed by atoms with E-state index in [1.165, 1.54) is 16.8 Å². The summed E-state index contributed by atoms with van der Waals surface area (Å²) in [6.07, 6.45) is 4.43. The molecule has 0 aliphatic rings. The van der Waals surface area contributed by atoms with Crippen molar-refractivity contribution in [3.63, 3.8) is 0 Å². The first-order valence-electron chi connectivity index (χ1n) is 7.86. The van der Waals surface area contributed by atoms with Crippen molar-refractivity contribution in [3.8, 4) is 11.1 Å². The van der Waals surface area contributed by atoms with E-state index in [4.69, 9.17) is 0 Å². The molecule has 122 valence electrons. The van der Waals surface area contributed by atoms with Crippen molar-refractivity contribution in [3.05, 3.63) is 94.9 Å². The van der Waals surface area contributed by atoms with Gasteiger partial charge in [-0.15, -0.1) is 0 Å². The maximum Gasteiger partial charge on any atom is 0.269 e. The molecule has 0 aliphatic carbocycles. The van der Waals surface area contributed by atoms with Crippen LogP contribution in [0.2, 0.25) is 0 Å². The molecule has 2 heterocycles. The highest BCUT2D eigenvalue weighted by molar-refractivity contribution is 5.73. The van der Waals surface area contributed by atoms with Crippen LogP contribution in [0.3, 0.4) is 0 Å². The van der Waals surface area contributed by atoms with E-state index >= 15 is 0 Å². The quantitative estimate of drug-likeness (QED) is 0.576. The Hall–Kier alpha value is -3.34. The smallest absolute Gasteiger partial charge is 0.269 e. The van der Waals surface area contributed by atoms with Gasteiger partial charge in [0.15, 0.2) is 0 Å². The Labute approximate surface area is 143 Å². The number of nitrogens with zero attached hydrogens (tertiary/aromatic N) is 3. The van der Waals surface area contributed by atoms with Crippen molar-refractivity contribution in [1.29, 1.82) is 0 Å². The Bertz CT molecular complexity index is 1110. The molecule has 0 fully saturated rings. The molecule has 4 nitrogen and oxygen atoms in total. The highest BCUT2D eigenvalue weighted by Crippen LogP contribution is 2.22. The Morgan fingerprint density at radius 1 is 0.960 bits per heavy atom. The Morgan fingerprint density at radius 2 is 1.80 bits per heavy atom. The third kappa shape index (κ3) is 2.92. The van der Waals surface area contributed by atoms with Gasteiger partial charge in [-0.2, -0.15) is 0 Å². The Morgan fingerprint density at radius 3 is 2.60 bits per heavy atom. The summed E-state index contributed by atoms with van der Waals surface area (Å²) in [5.74, 6) is -0.345. The summed E-state index contributed by atoms with van der Waals surface area (Å²) < 4.78 is 16.1. The van der Waals surface area contributed by atoms with E-state index in [9.17, 15) is 9.18 Å². The first-order chi connectivity index (χ1) is 12.2. The maximum absolute atomic E-state index is 14.6. The van der Waals surface area contributed by atoms with Crippen LogP contribution in [0.15, 0.2) is 78.0 Å². The van der Waals surface area contributed by atoms with Crippen LogP contribution in [0.25, 0.3) is 22.2 Å². The molecule has 0 amide bonds. The van der Waals surface area contributed by atoms with E-state index in [-0.39, 0.29) is 17.9 Å². The van der Waals surface area contributed by atoms with Gasteiger partial charge in [-0.05, 0) is 23.3 Å². The molecule has 0 bridgehead atoms. The van der Waals surface area contributed by atoms with Crippen LogP contribution in [0, 0.1) is 5.82 Å². The van der Waals surface area contributed by atoms with Gasteiger partial charge in [0, 0.05) is 11.8 Å². The molecule has 4 aromatic rings.